The van der Waals surface area contributed by atoms with Crippen LogP contribution in [0.4, 0.5) is 5.69 Å². The van der Waals surface area contributed by atoms with Gasteiger partial charge in [0.15, 0.2) is 12.4 Å². The number of esters is 1. The van der Waals surface area contributed by atoms with Crippen LogP contribution in [0.1, 0.15) is 50.9 Å². The third-order valence-electron chi connectivity index (χ3n) is 3.92. The maximum Gasteiger partial charge on any atom is 0.328 e. The first-order valence-electron chi connectivity index (χ1n) is 8.63. The maximum atomic E-state index is 12.4. The number of hydrogen-bond acceptors (Lipinski definition) is 5. The third-order valence-corrected chi connectivity index (χ3v) is 3.92. The van der Waals surface area contributed by atoms with Crippen LogP contribution in [0.3, 0.4) is 0 Å². The van der Waals surface area contributed by atoms with Crippen molar-refractivity contribution in [1.82, 2.24) is 0 Å². The summed E-state index contributed by atoms with van der Waals surface area (Å²) in [6.45, 7) is 7.59. The van der Waals surface area contributed by atoms with Crippen LogP contribution in [0.5, 0.6) is 5.75 Å². The minimum atomic E-state index is -0.787. The topological polar surface area (TPSA) is 72.9 Å². The molecule has 6 nitrogen and oxygen atoms in total. The number of Topliss-reactive ketones (excluding diaryl/α,β-unsaturated/α-hetero) is 1. The van der Waals surface area contributed by atoms with Gasteiger partial charge >= 0.3 is 5.97 Å². The molecule has 0 saturated carbocycles. The molecule has 25 heavy (non-hydrogen) atoms. The van der Waals surface area contributed by atoms with Gasteiger partial charge in [0.25, 0.3) is 5.91 Å². The Morgan fingerprint density at radius 1 is 1.28 bits per heavy atom. The lowest BCUT2D eigenvalue weighted by atomic mass is 10.0. The summed E-state index contributed by atoms with van der Waals surface area (Å²) in [6, 6.07) is 4.19. The van der Waals surface area contributed by atoms with Gasteiger partial charge in [-0.2, -0.15) is 0 Å². The van der Waals surface area contributed by atoms with Crippen LogP contribution in [-0.2, 0) is 14.3 Å². The van der Waals surface area contributed by atoms with Gasteiger partial charge in [-0.1, -0.05) is 20.8 Å². The van der Waals surface area contributed by atoms with E-state index in [-0.39, 0.29) is 24.2 Å². The molecule has 1 aromatic rings. The van der Waals surface area contributed by atoms with E-state index in [1.807, 2.05) is 20.8 Å². The van der Waals surface area contributed by atoms with E-state index in [2.05, 4.69) is 0 Å². The maximum absolute atomic E-state index is 12.4. The molecule has 1 heterocycles. The van der Waals surface area contributed by atoms with E-state index in [1.54, 1.807) is 25.1 Å². The van der Waals surface area contributed by atoms with Gasteiger partial charge in [0.2, 0.25) is 0 Å². The van der Waals surface area contributed by atoms with Crippen LogP contribution in [0.25, 0.3) is 0 Å². The van der Waals surface area contributed by atoms with E-state index in [0.717, 1.165) is 6.42 Å². The fourth-order valence-electron chi connectivity index (χ4n) is 2.62. The molecule has 1 unspecified atom stereocenters. The Hall–Kier alpha value is -2.37. The zero-order valence-corrected chi connectivity index (χ0v) is 15.2. The summed E-state index contributed by atoms with van der Waals surface area (Å²) in [4.78, 5) is 38.2. The summed E-state index contributed by atoms with van der Waals surface area (Å²) in [5.74, 6) is -0.113. The predicted molar refractivity (Wildman–Crippen MR) is 93.9 cm³/mol. The average molecular weight is 347 g/mol. The van der Waals surface area contributed by atoms with E-state index in [0.29, 0.717) is 30.0 Å². The second-order valence-corrected chi connectivity index (χ2v) is 6.61. The summed E-state index contributed by atoms with van der Waals surface area (Å²) in [7, 11) is 0. The lowest BCUT2D eigenvalue weighted by molar-refractivity contribution is -0.147. The van der Waals surface area contributed by atoms with Gasteiger partial charge in [-0.3, -0.25) is 14.5 Å². The van der Waals surface area contributed by atoms with Crippen LogP contribution in [-0.4, -0.2) is 36.9 Å². The molecule has 6 heteroatoms. The van der Waals surface area contributed by atoms with E-state index < -0.39 is 12.0 Å². The van der Waals surface area contributed by atoms with E-state index in [1.165, 1.54) is 4.90 Å². The second-order valence-electron chi connectivity index (χ2n) is 6.61. The highest BCUT2D eigenvalue weighted by molar-refractivity contribution is 6.05. The van der Waals surface area contributed by atoms with Gasteiger partial charge in [-0.05, 0) is 37.5 Å². The molecule has 0 bridgehead atoms. The summed E-state index contributed by atoms with van der Waals surface area (Å²) < 4.78 is 10.7. The number of ether oxygens (including phenoxy) is 2. The van der Waals surface area contributed by atoms with Crippen molar-refractivity contribution in [3.05, 3.63) is 23.8 Å². The fourth-order valence-corrected chi connectivity index (χ4v) is 2.62. The van der Waals surface area contributed by atoms with Crippen molar-refractivity contribution < 1.29 is 23.9 Å². The molecule has 0 aliphatic carbocycles. The lowest BCUT2D eigenvalue weighted by Gasteiger charge is -2.33. The molecule has 0 radical (unpaired) electrons. The van der Waals surface area contributed by atoms with Crippen molar-refractivity contribution in [2.75, 3.05) is 18.1 Å². The summed E-state index contributed by atoms with van der Waals surface area (Å²) in [6.07, 6.45) is 1.17. The monoisotopic (exact) mass is 347 g/mol. The number of hydrogen-bond donors (Lipinski definition) is 0. The first-order chi connectivity index (χ1) is 11.8. The number of rotatable bonds is 7. The number of fused-ring (bicyclic) bond motifs is 1. The molecule has 1 atom stereocenters. The molecular formula is C19H25NO5. The molecule has 0 saturated heterocycles. The number of amides is 1. The zero-order valence-electron chi connectivity index (χ0n) is 15.2. The minimum absolute atomic E-state index is 0.00156. The second kappa shape index (κ2) is 8.14. The summed E-state index contributed by atoms with van der Waals surface area (Å²) in [5.41, 5.74) is 0.943. The Morgan fingerprint density at radius 3 is 2.64 bits per heavy atom. The number of benzene rings is 1. The van der Waals surface area contributed by atoms with Crippen LogP contribution in [0.2, 0.25) is 0 Å². The van der Waals surface area contributed by atoms with Crippen molar-refractivity contribution in [2.45, 2.75) is 46.6 Å². The van der Waals surface area contributed by atoms with Crippen molar-refractivity contribution >= 4 is 23.3 Å². The Labute approximate surface area is 148 Å². The number of carbonyl (C=O) groups is 3. The molecule has 0 aromatic heterocycles. The number of nitrogens with zero attached hydrogens (tertiary/aromatic N) is 1. The molecule has 1 amide bonds. The molecule has 2 rings (SSSR count). The predicted octanol–water partition coefficient (Wildman–Crippen LogP) is 2.98. The number of anilines is 1. The van der Waals surface area contributed by atoms with E-state index in [9.17, 15) is 14.4 Å². The Kier molecular flexibility index (Phi) is 6.17. The van der Waals surface area contributed by atoms with Gasteiger partial charge in [0.05, 0.1) is 12.3 Å². The van der Waals surface area contributed by atoms with Gasteiger partial charge in [0.1, 0.15) is 11.8 Å². The minimum Gasteiger partial charge on any atom is -0.482 e. The Balaban J connectivity index is 2.30. The smallest absolute Gasteiger partial charge is 0.328 e. The highest BCUT2D eigenvalue weighted by Crippen LogP contribution is 2.35. The SMILES string of the molecule is CCCC(=O)c1ccc2c(c1)N(C(C)C(=O)OCC(C)C)C(=O)CO2. The molecular weight excluding hydrogens is 322 g/mol. The number of ketones is 1. The first-order valence-corrected chi connectivity index (χ1v) is 8.63. The van der Waals surface area contributed by atoms with Gasteiger partial charge < -0.3 is 9.47 Å². The van der Waals surface area contributed by atoms with Crippen LogP contribution >= 0.6 is 0 Å². The fraction of sp³-hybridized carbons (Fsp3) is 0.526. The molecule has 0 N–H and O–H groups in total. The zero-order chi connectivity index (χ0) is 18.6. The Bertz CT molecular complexity index is 668. The summed E-state index contributed by atoms with van der Waals surface area (Å²) >= 11 is 0. The van der Waals surface area contributed by atoms with Gasteiger partial charge in [-0.15, -0.1) is 0 Å². The highest BCUT2D eigenvalue weighted by Gasteiger charge is 2.34. The standard InChI is InChI=1S/C19H25NO5/c1-5-6-16(21)14-7-8-17-15(9-14)20(18(22)11-24-17)13(4)19(23)25-10-12(2)3/h7-9,12-13H,5-6,10-11H2,1-4H3. The Morgan fingerprint density at radius 2 is 2.00 bits per heavy atom. The van der Waals surface area contributed by atoms with E-state index >= 15 is 0 Å². The molecule has 0 fully saturated rings. The van der Waals surface area contributed by atoms with Crippen molar-refractivity contribution in [3.8, 4) is 5.75 Å². The normalized spacial score (nSPS) is 14.8. The van der Waals surface area contributed by atoms with Crippen molar-refractivity contribution in [2.24, 2.45) is 5.92 Å². The van der Waals surface area contributed by atoms with E-state index in [4.69, 9.17) is 9.47 Å². The van der Waals surface area contributed by atoms with Crippen LogP contribution in [0, 0.1) is 5.92 Å². The van der Waals surface area contributed by atoms with Gasteiger partial charge in [-0.25, -0.2) is 4.79 Å². The van der Waals surface area contributed by atoms with Gasteiger partial charge in [0, 0.05) is 12.0 Å². The highest BCUT2D eigenvalue weighted by atomic mass is 16.5. The number of carbonyl (C=O) groups excluding carboxylic acids is 3. The molecule has 1 aromatic carbocycles. The van der Waals surface area contributed by atoms with Crippen molar-refractivity contribution in [3.63, 3.8) is 0 Å². The third kappa shape index (κ3) is 4.38. The molecule has 136 valence electrons. The van der Waals surface area contributed by atoms with Crippen molar-refractivity contribution in [1.29, 1.82) is 0 Å². The molecule has 0 spiro atoms. The van der Waals surface area contributed by atoms with Crippen LogP contribution in [0.15, 0.2) is 18.2 Å². The molecule has 1 aliphatic heterocycles. The largest absolute Gasteiger partial charge is 0.482 e. The average Bonchev–Trinajstić information content (AvgIpc) is 2.58. The quantitative estimate of drug-likeness (QED) is 0.560. The van der Waals surface area contributed by atoms with Crippen LogP contribution < -0.4 is 9.64 Å². The summed E-state index contributed by atoms with van der Waals surface area (Å²) in [5, 5.41) is 0. The molecule has 1 aliphatic rings. The lowest BCUT2D eigenvalue weighted by Crippen LogP contribution is -2.48. The first kappa shape index (κ1) is 19.0.